The van der Waals surface area contributed by atoms with Gasteiger partial charge in [0.2, 0.25) is 0 Å². The topological polar surface area (TPSA) is 69.2 Å². The van der Waals surface area contributed by atoms with E-state index in [0.717, 1.165) is 5.56 Å². The van der Waals surface area contributed by atoms with E-state index in [4.69, 9.17) is 49.0 Å². The Hall–Kier alpha value is -2.93. The van der Waals surface area contributed by atoms with Crippen LogP contribution in [0.3, 0.4) is 0 Å². The molecule has 0 spiro atoms. The molecular weight excluding hydrogens is 475 g/mol. The first-order valence-electron chi connectivity index (χ1n) is 9.33. The molecule has 0 saturated heterocycles. The minimum Gasteiger partial charge on any atom is -0.497 e. The number of methoxy groups -OCH3 is 2. The molecule has 0 unspecified atom stereocenters. The fourth-order valence-corrected chi connectivity index (χ4v) is 3.47. The van der Waals surface area contributed by atoms with Gasteiger partial charge in [-0.2, -0.15) is 5.10 Å². The average molecular weight is 494 g/mol. The highest BCUT2D eigenvalue weighted by Crippen LogP contribution is 2.37. The number of nitrogens with one attached hydrogen (secondary N) is 1. The third-order valence-corrected chi connectivity index (χ3v) is 5.22. The molecule has 3 aromatic rings. The third kappa shape index (κ3) is 6.07. The molecule has 1 N–H and O–H groups in total. The number of halogens is 3. The summed E-state index contributed by atoms with van der Waals surface area (Å²) >= 11 is 18.5. The molecule has 0 aliphatic rings. The van der Waals surface area contributed by atoms with E-state index in [9.17, 15) is 4.79 Å². The normalized spacial score (nSPS) is 10.8. The summed E-state index contributed by atoms with van der Waals surface area (Å²) in [7, 11) is 3.03. The van der Waals surface area contributed by atoms with Gasteiger partial charge in [0.15, 0.2) is 11.5 Å². The maximum absolute atomic E-state index is 12.2. The maximum Gasteiger partial charge on any atom is 0.271 e. The first-order valence-corrected chi connectivity index (χ1v) is 10.5. The van der Waals surface area contributed by atoms with E-state index in [2.05, 4.69) is 10.5 Å². The lowest BCUT2D eigenvalue weighted by Gasteiger charge is -2.14. The molecular formula is C23H19Cl3N2O4. The molecule has 0 aromatic heterocycles. The fourth-order valence-electron chi connectivity index (χ4n) is 2.74. The van der Waals surface area contributed by atoms with Crippen molar-refractivity contribution in [1.82, 2.24) is 5.43 Å². The molecule has 3 aromatic carbocycles. The molecule has 3 rings (SSSR count). The van der Waals surface area contributed by atoms with Crippen LogP contribution in [0.1, 0.15) is 21.5 Å². The van der Waals surface area contributed by atoms with Crippen molar-refractivity contribution in [1.29, 1.82) is 0 Å². The summed E-state index contributed by atoms with van der Waals surface area (Å²) in [4.78, 5) is 12.2. The number of ether oxygens (including phenoxy) is 3. The van der Waals surface area contributed by atoms with Crippen LogP contribution in [0.5, 0.6) is 17.2 Å². The molecule has 0 atom stereocenters. The number of carbonyl (C=O) groups excluding carboxylic acids is 1. The van der Waals surface area contributed by atoms with Crippen molar-refractivity contribution in [3.05, 3.63) is 86.4 Å². The highest BCUT2D eigenvalue weighted by atomic mass is 35.5. The van der Waals surface area contributed by atoms with Crippen molar-refractivity contribution < 1.29 is 19.0 Å². The largest absolute Gasteiger partial charge is 0.497 e. The predicted octanol–water partition coefficient (Wildman–Crippen LogP) is 6.01. The van der Waals surface area contributed by atoms with Gasteiger partial charge in [0.1, 0.15) is 12.4 Å². The Kier molecular flexibility index (Phi) is 8.22. The van der Waals surface area contributed by atoms with Crippen LogP contribution < -0.4 is 19.6 Å². The highest BCUT2D eigenvalue weighted by Gasteiger charge is 2.13. The van der Waals surface area contributed by atoms with Gasteiger partial charge in [0.25, 0.3) is 5.91 Å². The monoisotopic (exact) mass is 492 g/mol. The Morgan fingerprint density at radius 3 is 2.53 bits per heavy atom. The Balaban J connectivity index is 1.70. The number of amides is 1. The Morgan fingerprint density at radius 1 is 1.00 bits per heavy atom. The molecule has 9 heteroatoms. The number of rotatable bonds is 8. The lowest BCUT2D eigenvalue weighted by molar-refractivity contribution is 0.0955. The molecule has 0 aliphatic heterocycles. The van der Waals surface area contributed by atoms with Gasteiger partial charge in [-0.05, 0) is 48.0 Å². The number of hydrogen-bond donors (Lipinski definition) is 1. The van der Waals surface area contributed by atoms with E-state index in [-0.39, 0.29) is 12.5 Å². The van der Waals surface area contributed by atoms with Crippen LogP contribution >= 0.6 is 34.8 Å². The van der Waals surface area contributed by atoms with Crippen LogP contribution in [0, 0.1) is 0 Å². The molecule has 166 valence electrons. The predicted molar refractivity (Wildman–Crippen MR) is 127 cm³/mol. The smallest absolute Gasteiger partial charge is 0.271 e. The van der Waals surface area contributed by atoms with E-state index in [1.807, 2.05) is 0 Å². The van der Waals surface area contributed by atoms with Crippen molar-refractivity contribution in [2.45, 2.75) is 6.61 Å². The summed E-state index contributed by atoms with van der Waals surface area (Å²) in [5.74, 6) is 0.965. The second-order valence-corrected chi connectivity index (χ2v) is 7.74. The maximum atomic E-state index is 12.2. The summed E-state index contributed by atoms with van der Waals surface area (Å²) in [5.41, 5.74) is 4.24. The highest BCUT2D eigenvalue weighted by molar-refractivity contribution is 6.35. The molecule has 0 saturated carbocycles. The van der Waals surface area contributed by atoms with Gasteiger partial charge >= 0.3 is 0 Å². The Morgan fingerprint density at radius 2 is 1.81 bits per heavy atom. The molecule has 32 heavy (non-hydrogen) atoms. The van der Waals surface area contributed by atoms with E-state index >= 15 is 0 Å². The van der Waals surface area contributed by atoms with E-state index in [1.54, 1.807) is 54.6 Å². The SMILES string of the molecule is COc1cccc(C(=O)N/N=C\c2cc(Cl)c(OCc3ccc(Cl)cc3Cl)c(OC)c2)c1. The molecule has 0 heterocycles. The van der Waals surface area contributed by atoms with Gasteiger partial charge in [0, 0.05) is 21.2 Å². The van der Waals surface area contributed by atoms with E-state index in [1.165, 1.54) is 20.4 Å². The van der Waals surface area contributed by atoms with Crippen molar-refractivity contribution in [2.24, 2.45) is 5.10 Å². The average Bonchev–Trinajstić information content (AvgIpc) is 2.79. The van der Waals surface area contributed by atoms with Crippen molar-refractivity contribution >= 4 is 46.9 Å². The van der Waals surface area contributed by atoms with Gasteiger partial charge < -0.3 is 14.2 Å². The summed E-state index contributed by atoms with van der Waals surface area (Å²) in [6.45, 7) is 0.177. The van der Waals surface area contributed by atoms with Crippen LogP contribution in [0.4, 0.5) is 0 Å². The lowest BCUT2D eigenvalue weighted by Crippen LogP contribution is -2.17. The number of hydrogen-bond acceptors (Lipinski definition) is 5. The molecule has 0 radical (unpaired) electrons. The second-order valence-electron chi connectivity index (χ2n) is 6.49. The second kappa shape index (κ2) is 11.1. The summed E-state index contributed by atoms with van der Waals surface area (Å²) in [6, 6.07) is 15.2. The first-order chi connectivity index (χ1) is 15.4. The fraction of sp³-hybridized carbons (Fsp3) is 0.130. The minimum absolute atomic E-state index is 0.177. The first kappa shape index (κ1) is 23.7. The van der Waals surface area contributed by atoms with Gasteiger partial charge in [-0.15, -0.1) is 0 Å². The Bertz CT molecular complexity index is 1150. The molecule has 0 fully saturated rings. The number of benzene rings is 3. The minimum atomic E-state index is -0.377. The number of hydrazone groups is 1. The molecule has 1 amide bonds. The van der Waals surface area contributed by atoms with E-state index in [0.29, 0.717) is 43.4 Å². The van der Waals surface area contributed by atoms with Crippen molar-refractivity contribution in [2.75, 3.05) is 14.2 Å². The van der Waals surface area contributed by atoms with Crippen LogP contribution in [-0.4, -0.2) is 26.3 Å². The zero-order valence-corrected chi connectivity index (χ0v) is 19.5. The zero-order chi connectivity index (χ0) is 23.1. The molecule has 0 aliphatic carbocycles. The third-order valence-electron chi connectivity index (χ3n) is 4.35. The van der Waals surface area contributed by atoms with Crippen LogP contribution in [-0.2, 0) is 6.61 Å². The van der Waals surface area contributed by atoms with E-state index < -0.39 is 0 Å². The van der Waals surface area contributed by atoms with Gasteiger partial charge in [-0.3, -0.25) is 4.79 Å². The van der Waals surface area contributed by atoms with Gasteiger partial charge in [-0.1, -0.05) is 46.9 Å². The van der Waals surface area contributed by atoms with Crippen molar-refractivity contribution in [3.8, 4) is 17.2 Å². The quantitative estimate of drug-likeness (QED) is 0.308. The van der Waals surface area contributed by atoms with Crippen LogP contribution in [0.15, 0.2) is 59.7 Å². The van der Waals surface area contributed by atoms with Crippen LogP contribution in [0.25, 0.3) is 0 Å². The Labute approximate surface area is 200 Å². The standard InChI is InChI=1S/C23H19Cl3N2O4/c1-30-18-5-3-4-15(10-18)23(29)28-27-12-14-8-20(26)22(21(9-14)31-2)32-13-16-6-7-17(24)11-19(16)25/h3-12H,13H2,1-2H3,(H,28,29)/b27-12-. The van der Waals surface area contributed by atoms with Crippen LogP contribution in [0.2, 0.25) is 15.1 Å². The number of carbonyl (C=O) groups is 1. The number of nitrogens with zero attached hydrogens (tertiary/aromatic N) is 1. The van der Waals surface area contributed by atoms with Gasteiger partial charge in [0.05, 0.1) is 25.5 Å². The summed E-state index contributed by atoms with van der Waals surface area (Å²) < 4.78 is 16.3. The summed E-state index contributed by atoms with van der Waals surface area (Å²) in [5, 5.41) is 5.32. The molecule has 0 bridgehead atoms. The zero-order valence-electron chi connectivity index (χ0n) is 17.2. The van der Waals surface area contributed by atoms with Crippen molar-refractivity contribution in [3.63, 3.8) is 0 Å². The summed E-state index contributed by atoms with van der Waals surface area (Å²) in [6.07, 6.45) is 1.45. The lowest BCUT2D eigenvalue weighted by atomic mass is 10.2. The van der Waals surface area contributed by atoms with Gasteiger partial charge in [-0.25, -0.2) is 5.43 Å². The molecule has 6 nitrogen and oxygen atoms in total.